The molecule has 3 rings (SSSR count). The maximum absolute atomic E-state index is 12.5. The number of nitrogens with zero attached hydrogens (tertiary/aromatic N) is 4. The number of para-hydroxylation sites is 1. The van der Waals surface area contributed by atoms with Crippen LogP contribution in [0, 0.1) is 6.92 Å². The van der Waals surface area contributed by atoms with Crippen molar-refractivity contribution in [3.05, 3.63) is 51.7 Å². The van der Waals surface area contributed by atoms with Gasteiger partial charge in [0.25, 0.3) is 0 Å². The topological polar surface area (TPSA) is 72.7 Å². The zero-order valence-corrected chi connectivity index (χ0v) is 16.6. The molecule has 0 fully saturated rings. The fourth-order valence-corrected chi connectivity index (χ4v) is 3.96. The molecule has 0 radical (unpaired) electrons. The second-order valence-electron chi connectivity index (χ2n) is 6.23. The van der Waals surface area contributed by atoms with Gasteiger partial charge in [-0.3, -0.25) is 4.79 Å². The van der Waals surface area contributed by atoms with Crippen LogP contribution in [0.5, 0.6) is 0 Å². The smallest absolute Gasteiger partial charge is 0.234 e. The second-order valence-corrected chi connectivity index (χ2v) is 8.20. The zero-order chi connectivity index (χ0) is 18.5. The predicted molar refractivity (Wildman–Crippen MR) is 106 cm³/mol. The minimum atomic E-state index is -0.0585. The Bertz CT molecular complexity index is 874. The summed E-state index contributed by atoms with van der Waals surface area (Å²) >= 11 is 3.00. The van der Waals surface area contributed by atoms with Gasteiger partial charge in [0.15, 0.2) is 0 Å². The monoisotopic (exact) mass is 387 g/mol. The highest BCUT2D eigenvalue weighted by molar-refractivity contribution is 7.99. The quantitative estimate of drug-likeness (QED) is 0.622. The molecule has 2 aromatic heterocycles. The molecule has 0 bridgehead atoms. The number of carbonyl (C=O) groups excluding carboxylic acids is 1. The van der Waals surface area contributed by atoms with Crippen LogP contribution < -0.4 is 5.32 Å². The highest BCUT2D eigenvalue weighted by atomic mass is 32.2. The van der Waals surface area contributed by atoms with E-state index in [2.05, 4.69) is 40.8 Å². The van der Waals surface area contributed by atoms with Gasteiger partial charge in [-0.2, -0.15) is 0 Å². The van der Waals surface area contributed by atoms with Crippen LogP contribution in [0.4, 0.5) is 5.69 Å². The van der Waals surface area contributed by atoms with Crippen LogP contribution in [-0.4, -0.2) is 31.9 Å². The van der Waals surface area contributed by atoms with Gasteiger partial charge in [-0.15, -0.1) is 16.4 Å². The first-order valence-electron chi connectivity index (χ1n) is 8.35. The molecule has 0 aliphatic heterocycles. The second kappa shape index (κ2) is 8.46. The number of aryl methyl sites for hydroxylation is 1. The summed E-state index contributed by atoms with van der Waals surface area (Å²) in [7, 11) is 0. The summed E-state index contributed by atoms with van der Waals surface area (Å²) in [5.74, 6) is 0.546. The summed E-state index contributed by atoms with van der Waals surface area (Å²) < 4.78 is 1.72. The summed E-state index contributed by atoms with van der Waals surface area (Å²) in [5.41, 5.74) is 3.12. The molecule has 3 aromatic rings. The number of anilines is 1. The Hall–Kier alpha value is -2.19. The Labute approximate surface area is 161 Å². The van der Waals surface area contributed by atoms with E-state index in [1.165, 1.54) is 16.6 Å². The molecule has 26 heavy (non-hydrogen) atoms. The van der Waals surface area contributed by atoms with Crippen LogP contribution in [0.15, 0.2) is 40.9 Å². The SMILES string of the molecule is Cc1cccc(C(C)C)c1NC(=O)CSc1nnnn1Cc1cccs1. The molecule has 0 unspecified atom stereocenters. The lowest BCUT2D eigenvalue weighted by molar-refractivity contribution is -0.113. The van der Waals surface area contributed by atoms with Crippen molar-refractivity contribution < 1.29 is 4.79 Å². The Morgan fingerprint density at radius 1 is 1.31 bits per heavy atom. The van der Waals surface area contributed by atoms with E-state index in [0.29, 0.717) is 17.6 Å². The van der Waals surface area contributed by atoms with Gasteiger partial charge in [0.05, 0.1) is 12.3 Å². The molecule has 136 valence electrons. The number of amides is 1. The molecule has 1 amide bonds. The summed E-state index contributed by atoms with van der Waals surface area (Å²) in [6, 6.07) is 10.1. The van der Waals surface area contributed by atoms with Gasteiger partial charge in [0.2, 0.25) is 11.1 Å². The number of aromatic nitrogens is 4. The molecule has 2 heterocycles. The average molecular weight is 388 g/mol. The molecule has 0 saturated carbocycles. The maximum Gasteiger partial charge on any atom is 0.234 e. The Balaban J connectivity index is 1.63. The standard InChI is InChI=1S/C18H21N5OS2/c1-12(2)15-8-4-6-13(3)17(15)19-16(24)11-26-18-20-21-22-23(18)10-14-7-5-9-25-14/h4-9,12H,10-11H2,1-3H3,(H,19,24). The first kappa shape index (κ1) is 18.6. The maximum atomic E-state index is 12.5. The minimum absolute atomic E-state index is 0.0585. The molecule has 1 N–H and O–H groups in total. The molecule has 0 aliphatic rings. The van der Waals surface area contributed by atoms with Gasteiger partial charge in [-0.05, 0) is 45.8 Å². The fraction of sp³-hybridized carbons (Fsp3) is 0.333. The lowest BCUT2D eigenvalue weighted by Crippen LogP contribution is -2.17. The van der Waals surface area contributed by atoms with Crippen molar-refractivity contribution in [1.82, 2.24) is 20.2 Å². The van der Waals surface area contributed by atoms with E-state index in [1.807, 2.05) is 36.6 Å². The van der Waals surface area contributed by atoms with E-state index in [1.54, 1.807) is 16.0 Å². The molecule has 0 atom stereocenters. The van der Waals surface area contributed by atoms with Crippen LogP contribution in [-0.2, 0) is 11.3 Å². The third kappa shape index (κ3) is 4.50. The average Bonchev–Trinajstić information content (AvgIpc) is 3.27. The first-order valence-corrected chi connectivity index (χ1v) is 10.2. The van der Waals surface area contributed by atoms with Crippen LogP contribution in [0.3, 0.4) is 0 Å². The molecular formula is C18H21N5OS2. The van der Waals surface area contributed by atoms with E-state index >= 15 is 0 Å². The Kier molecular flexibility index (Phi) is 6.05. The number of rotatable bonds is 7. The third-order valence-corrected chi connectivity index (χ3v) is 5.73. The molecule has 0 aliphatic carbocycles. The van der Waals surface area contributed by atoms with Crippen molar-refractivity contribution in [2.45, 2.75) is 38.4 Å². The fourth-order valence-electron chi connectivity index (χ4n) is 2.60. The molecular weight excluding hydrogens is 366 g/mol. The van der Waals surface area contributed by atoms with Gasteiger partial charge in [-0.1, -0.05) is 49.9 Å². The van der Waals surface area contributed by atoms with E-state index in [4.69, 9.17) is 0 Å². The number of carbonyl (C=O) groups is 1. The van der Waals surface area contributed by atoms with E-state index in [9.17, 15) is 4.79 Å². The van der Waals surface area contributed by atoms with Gasteiger partial charge >= 0.3 is 0 Å². The highest BCUT2D eigenvalue weighted by Gasteiger charge is 2.14. The summed E-state index contributed by atoms with van der Waals surface area (Å²) in [5, 5.41) is 17.5. The first-order chi connectivity index (χ1) is 12.5. The Morgan fingerprint density at radius 3 is 2.88 bits per heavy atom. The number of hydrogen-bond donors (Lipinski definition) is 1. The predicted octanol–water partition coefficient (Wildman–Crippen LogP) is 3.95. The number of tetrazole rings is 1. The van der Waals surface area contributed by atoms with Crippen LogP contribution in [0.25, 0.3) is 0 Å². The Morgan fingerprint density at radius 2 is 2.15 bits per heavy atom. The van der Waals surface area contributed by atoms with Gasteiger partial charge in [0.1, 0.15) is 0 Å². The van der Waals surface area contributed by atoms with E-state index in [0.717, 1.165) is 16.8 Å². The number of benzene rings is 1. The molecule has 0 saturated heterocycles. The minimum Gasteiger partial charge on any atom is -0.325 e. The number of hydrogen-bond acceptors (Lipinski definition) is 6. The number of thiophene rings is 1. The normalized spacial score (nSPS) is 11.1. The van der Waals surface area contributed by atoms with Crippen LogP contribution in [0.2, 0.25) is 0 Å². The number of thioether (sulfide) groups is 1. The highest BCUT2D eigenvalue weighted by Crippen LogP contribution is 2.27. The van der Waals surface area contributed by atoms with Gasteiger partial charge < -0.3 is 5.32 Å². The molecule has 8 heteroatoms. The van der Waals surface area contributed by atoms with Crippen LogP contribution >= 0.6 is 23.1 Å². The van der Waals surface area contributed by atoms with Gasteiger partial charge in [-0.25, -0.2) is 4.68 Å². The summed E-state index contributed by atoms with van der Waals surface area (Å²) in [4.78, 5) is 13.6. The summed E-state index contributed by atoms with van der Waals surface area (Å²) in [6.07, 6.45) is 0. The van der Waals surface area contributed by atoms with Crippen molar-refractivity contribution in [3.63, 3.8) is 0 Å². The van der Waals surface area contributed by atoms with Crippen molar-refractivity contribution >= 4 is 34.7 Å². The molecule has 6 nitrogen and oxygen atoms in total. The van der Waals surface area contributed by atoms with Crippen molar-refractivity contribution in [2.75, 3.05) is 11.1 Å². The molecule has 1 aromatic carbocycles. The third-order valence-electron chi connectivity index (χ3n) is 3.91. The zero-order valence-electron chi connectivity index (χ0n) is 15.0. The van der Waals surface area contributed by atoms with Crippen LogP contribution in [0.1, 0.15) is 35.8 Å². The van der Waals surface area contributed by atoms with E-state index in [-0.39, 0.29) is 11.7 Å². The largest absolute Gasteiger partial charge is 0.325 e. The van der Waals surface area contributed by atoms with Crippen molar-refractivity contribution in [1.29, 1.82) is 0 Å². The van der Waals surface area contributed by atoms with Crippen molar-refractivity contribution in [3.8, 4) is 0 Å². The van der Waals surface area contributed by atoms with Gasteiger partial charge in [0, 0.05) is 10.6 Å². The molecule has 0 spiro atoms. The lowest BCUT2D eigenvalue weighted by Gasteiger charge is -2.16. The van der Waals surface area contributed by atoms with Crippen molar-refractivity contribution in [2.24, 2.45) is 0 Å². The van der Waals surface area contributed by atoms with E-state index < -0.39 is 0 Å². The number of nitrogens with one attached hydrogen (secondary N) is 1. The summed E-state index contributed by atoms with van der Waals surface area (Å²) in [6.45, 7) is 6.87. The lowest BCUT2D eigenvalue weighted by atomic mass is 9.98.